The number of nitrogens with zero attached hydrogens (tertiary/aromatic N) is 2. The second kappa shape index (κ2) is 7.49. The van der Waals surface area contributed by atoms with Gasteiger partial charge in [0.25, 0.3) is 0 Å². The van der Waals surface area contributed by atoms with E-state index >= 15 is 0 Å². The Balaban J connectivity index is 1.91. The Bertz CT molecular complexity index is 519. The molecule has 0 spiro atoms. The first kappa shape index (κ1) is 16.6. The maximum absolute atomic E-state index is 12.4. The number of rotatable bonds is 5. The highest BCUT2D eigenvalue weighted by Crippen LogP contribution is 2.28. The smallest absolute Gasteiger partial charge is 0.222 e. The van der Waals surface area contributed by atoms with Gasteiger partial charge >= 0.3 is 0 Å². The fourth-order valence-electron chi connectivity index (χ4n) is 2.72. The molecule has 1 atom stereocenters. The molecule has 1 saturated heterocycles. The van der Waals surface area contributed by atoms with Gasteiger partial charge in [0, 0.05) is 32.1 Å². The highest BCUT2D eigenvalue weighted by atomic mass is 16.5. The molecule has 0 bridgehead atoms. The first-order chi connectivity index (χ1) is 10.5. The number of carbonyl (C=O) groups is 1. The van der Waals surface area contributed by atoms with Gasteiger partial charge < -0.3 is 19.3 Å². The summed E-state index contributed by atoms with van der Waals surface area (Å²) in [5.74, 6) is 1.65. The van der Waals surface area contributed by atoms with E-state index in [0.717, 1.165) is 31.6 Å². The van der Waals surface area contributed by atoms with Crippen molar-refractivity contribution >= 4 is 5.91 Å². The molecular formula is C17H26N2O3. The second-order valence-electron chi connectivity index (χ2n) is 5.86. The van der Waals surface area contributed by atoms with E-state index < -0.39 is 0 Å². The van der Waals surface area contributed by atoms with E-state index in [1.165, 1.54) is 0 Å². The van der Waals surface area contributed by atoms with Crippen molar-refractivity contribution in [2.45, 2.75) is 25.8 Å². The maximum atomic E-state index is 12.4. The quantitative estimate of drug-likeness (QED) is 0.832. The van der Waals surface area contributed by atoms with E-state index in [0.29, 0.717) is 24.0 Å². The molecule has 122 valence electrons. The van der Waals surface area contributed by atoms with Crippen LogP contribution in [0.1, 0.15) is 18.9 Å². The van der Waals surface area contributed by atoms with Gasteiger partial charge in [-0.1, -0.05) is 6.07 Å². The van der Waals surface area contributed by atoms with Crippen molar-refractivity contribution < 1.29 is 14.3 Å². The van der Waals surface area contributed by atoms with Crippen LogP contribution >= 0.6 is 0 Å². The Hall–Kier alpha value is -1.75. The Morgan fingerprint density at radius 3 is 2.59 bits per heavy atom. The lowest BCUT2D eigenvalue weighted by Crippen LogP contribution is -2.52. The van der Waals surface area contributed by atoms with E-state index in [2.05, 4.69) is 18.9 Å². The van der Waals surface area contributed by atoms with Gasteiger partial charge in [-0.25, -0.2) is 0 Å². The molecule has 1 aliphatic rings. The molecule has 2 rings (SSSR count). The summed E-state index contributed by atoms with van der Waals surface area (Å²) in [6.07, 6.45) is 1.26. The molecule has 1 aromatic rings. The van der Waals surface area contributed by atoms with Crippen molar-refractivity contribution in [3.63, 3.8) is 0 Å². The predicted octanol–water partition coefficient (Wildman–Crippen LogP) is 1.80. The van der Waals surface area contributed by atoms with E-state index in [1.54, 1.807) is 14.2 Å². The third kappa shape index (κ3) is 3.91. The van der Waals surface area contributed by atoms with Crippen LogP contribution in [0.5, 0.6) is 11.5 Å². The highest BCUT2D eigenvalue weighted by molar-refractivity contribution is 5.76. The number of benzene rings is 1. The van der Waals surface area contributed by atoms with Crippen molar-refractivity contribution in [2.24, 2.45) is 0 Å². The van der Waals surface area contributed by atoms with Crippen LogP contribution in [-0.4, -0.2) is 62.7 Å². The Morgan fingerprint density at radius 1 is 1.23 bits per heavy atom. The molecule has 1 fully saturated rings. The van der Waals surface area contributed by atoms with Crippen LogP contribution in [0, 0.1) is 0 Å². The average Bonchev–Trinajstić information content (AvgIpc) is 2.54. The van der Waals surface area contributed by atoms with Crippen LogP contribution in [0.25, 0.3) is 0 Å². The van der Waals surface area contributed by atoms with Crippen molar-refractivity contribution in [3.05, 3.63) is 23.8 Å². The number of piperazine rings is 1. The molecular weight excluding hydrogens is 280 g/mol. The molecule has 1 heterocycles. The molecule has 0 aliphatic carbocycles. The number of aryl methyl sites for hydroxylation is 1. The largest absolute Gasteiger partial charge is 0.493 e. The average molecular weight is 306 g/mol. The number of carbonyl (C=O) groups excluding carboxylic acids is 1. The number of likely N-dealkylation sites (N-methyl/N-ethyl adjacent to an activating group) is 1. The topological polar surface area (TPSA) is 42.0 Å². The first-order valence-corrected chi connectivity index (χ1v) is 7.74. The summed E-state index contributed by atoms with van der Waals surface area (Å²) in [7, 11) is 5.35. The number of amides is 1. The molecule has 0 saturated carbocycles. The highest BCUT2D eigenvalue weighted by Gasteiger charge is 2.23. The number of hydrogen-bond acceptors (Lipinski definition) is 4. The van der Waals surface area contributed by atoms with Gasteiger partial charge in [0.05, 0.1) is 14.2 Å². The Morgan fingerprint density at radius 2 is 1.95 bits per heavy atom. The SMILES string of the molecule is COc1ccc(CCC(=O)N2CCN(C)C(C)C2)cc1OC. The lowest BCUT2D eigenvalue weighted by Gasteiger charge is -2.37. The summed E-state index contributed by atoms with van der Waals surface area (Å²) in [6.45, 7) is 4.75. The van der Waals surface area contributed by atoms with Gasteiger partial charge in [-0.05, 0) is 38.1 Å². The van der Waals surface area contributed by atoms with Crippen molar-refractivity contribution in [3.8, 4) is 11.5 Å². The van der Waals surface area contributed by atoms with Crippen LogP contribution in [0.4, 0.5) is 0 Å². The summed E-state index contributed by atoms with van der Waals surface area (Å²) in [5, 5.41) is 0. The molecule has 0 radical (unpaired) electrons. The molecule has 5 nitrogen and oxygen atoms in total. The number of hydrogen-bond donors (Lipinski definition) is 0. The van der Waals surface area contributed by atoms with E-state index in [1.807, 2.05) is 23.1 Å². The van der Waals surface area contributed by atoms with Gasteiger partial charge in [0.1, 0.15) is 0 Å². The molecule has 1 aliphatic heterocycles. The van der Waals surface area contributed by atoms with E-state index in [-0.39, 0.29) is 5.91 Å². The lowest BCUT2D eigenvalue weighted by molar-refractivity contribution is -0.133. The molecule has 1 aromatic carbocycles. The molecule has 1 amide bonds. The van der Waals surface area contributed by atoms with E-state index in [9.17, 15) is 4.79 Å². The Kier molecular flexibility index (Phi) is 5.66. The fourth-order valence-corrected chi connectivity index (χ4v) is 2.72. The summed E-state index contributed by atoms with van der Waals surface area (Å²) in [5.41, 5.74) is 1.09. The van der Waals surface area contributed by atoms with Crippen LogP contribution in [-0.2, 0) is 11.2 Å². The number of ether oxygens (including phenoxy) is 2. The van der Waals surface area contributed by atoms with Crippen LogP contribution in [0.2, 0.25) is 0 Å². The maximum Gasteiger partial charge on any atom is 0.222 e. The summed E-state index contributed by atoms with van der Waals surface area (Å²) in [4.78, 5) is 16.6. The molecule has 22 heavy (non-hydrogen) atoms. The van der Waals surface area contributed by atoms with E-state index in [4.69, 9.17) is 9.47 Å². The predicted molar refractivity (Wildman–Crippen MR) is 86.5 cm³/mol. The van der Waals surface area contributed by atoms with Crippen LogP contribution in [0.15, 0.2) is 18.2 Å². The molecule has 0 aromatic heterocycles. The Labute approximate surface area is 132 Å². The van der Waals surface area contributed by atoms with Crippen LogP contribution in [0.3, 0.4) is 0 Å². The third-order valence-corrected chi connectivity index (χ3v) is 4.39. The van der Waals surface area contributed by atoms with Gasteiger partial charge in [0.2, 0.25) is 5.91 Å². The normalized spacial score (nSPS) is 19.1. The molecule has 1 unspecified atom stereocenters. The van der Waals surface area contributed by atoms with Gasteiger partial charge in [-0.15, -0.1) is 0 Å². The summed E-state index contributed by atoms with van der Waals surface area (Å²) >= 11 is 0. The van der Waals surface area contributed by atoms with Crippen molar-refractivity contribution in [2.75, 3.05) is 40.9 Å². The number of methoxy groups -OCH3 is 2. The zero-order valence-electron chi connectivity index (χ0n) is 14.0. The molecule has 5 heteroatoms. The summed E-state index contributed by atoms with van der Waals surface area (Å²) in [6, 6.07) is 6.25. The summed E-state index contributed by atoms with van der Waals surface area (Å²) < 4.78 is 10.5. The minimum atomic E-state index is 0.231. The van der Waals surface area contributed by atoms with Crippen molar-refractivity contribution in [1.82, 2.24) is 9.80 Å². The fraction of sp³-hybridized carbons (Fsp3) is 0.588. The van der Waals surface area contributed by atoms with Gasteiger partial charge in [-0.2, -0.15) is 0 Å². The minimum Gasteiger partial charge on any atom is -0.493 e. The standard InChI is InChI=1S/C17H26N2O3/c1-13-12-19(10-9-18(13)2)17(20)8-6-14-5-7-15(21-3)16(11-14)22-4/h5,7,11,13H,6,8-10,12H2,1-4H3. The second-order valence-corrected chi connectivity index (χ2v) is 5.86. The first-order valence-electron chi connectivity index (χ1n) is 7.74. The zero-order chi connectivity index (χ0) is 16.1. The minimum absolute atomic E-state index is 0.231. The lowest BCUT2D eigenvalue weighted by atomic mass is 10.1. The zero-order valence-corrected chi connectivity index (χ0v) is 14.0. The monoisotopic (exact) mass is 306 g/mol. The third-order valence-electron chi connectivity index (χ3n) is 4.39. The van der Waals surface area contributed by atoms with Crippen molar-refractivity contribution in [1.29, 1.82) is 0 Å². The van der Waals surface area contributed by atoms with Gasteiger partial charge in [-0.3, -0.25) is 4.79 Å². The van der Waals surface area contributed by atoms with Crippen LogP contribution < -0.4 is 9.47 Å². The van der Waals surface area contributed by atoms with Gasteiger partial charge in [0.15, 0.2) is 11.5 Å². The molecule has 0 N–H and O–H groups in total.